The van der Waals surface area contributed by atoms with Gasteiger partial charge in [0.1, 0.15) is 0 Å². The van der Waals surface area contributed by atoms with Crippen molar-refractivity contribution in [3.05, 3.63) is 67.3 Å². The maximum Gasteiger partial charge on any atom is 0.246 e. The molecule has 26 heavy (non-hydrogen) atoms. The molecule has 1 fully saturated rings. The van der Waals surface area contributed by atoms with E-state index in [1.54, 1.807) is 15.9 Å². The van der Waals surface area contributed by atoms with Gasteiger partial charge in [-0.1, -0.05) is 24.3 Å². The maximum atomic E-state index is 12.6. The van der Waals surface area contributed by atoms with Gasteiger partial charge >= 0.3 is 0 Å². The van der Waals surface area contributed by atoms with E-state index >= 15 is 0 Å². The van der Waals surface area contributed by atoms with Crippen molar-refractivity contribution >= 4 is 28.9 Å². The number of para-hydroxylation sites is 1. The molecule has 2 amide bonds. The smallest absolute Gasteiger partial charge is 0.246 e. The van der Waals surface area contributed by atoms with Gasteiger partial charge in [0.2, 0.25) is 11.8 Å². The lowest BCUT2D eigenvalue weighted by Gasteiger charge is -2.22. The Labute approximate surface area is 153 Å². The summed E-state index contributed by atoms with van der Waals surface area (Å²) >= 11 is 0. The predicted octanol–water partition coefficient (Wildman–Crippen LogP) is 3.44. The standard InChI is InChI=1S/C21H23N3O2/c1-2-14-23(18-7-4-3-5-8-18)21(26)16-22-17-10-12-19(13-11-17)24-15-6-9-20(24)25/h2-5,7-8,10-13,22H,1,6,9,14-16H2. The maximum absolute atomic E-state index is 12.6. The number of nitrogens with one attached hydrogen (secondary N) is 1. The lowest BCUT2D eigenvalue weighted by atomic mass is 10.2. The van der Waals surface area contributed by atoms with Crippen LogP contribution in [-0.2, 0) is 9.59 Å². The fourth-order valence-electron chi connectivity index (χ4n) is 3.04. The zero-order chi connectivity index (χ0) is 18.4. The molecule has 0 aromatic heterocycles. The van der Waals surface area contributed by atoms with E-state index < -0.39 is 0 Å². The molecule has 1 saturated heterocycles. The number of hydrogen-bond acceptors (Lipinski definition) is 3. The van der Waals surface area contributed by atoms with E-state index in [0.29, 0.717) is 13.0 Å². The first kappa shape index (κ1) is 17.7. The molecular weight excluding hydrogens is 326 g/mol. The third-order valence-electron chi connectivity index (χ3n) is 4.38. The minimum Gasteiger partial charge on any atom is -0.376 e. The zero-order valence-corrected chi connectivity index (χ0v) is 14.7. The Hall–Kier alpha value is -3.08. The summed E-state index contributed by atoms with van der Waals surface area (Å²) in [5, 5.41) is 3.15. The van der Waals surface area contributed by atoms with Crippen LogP contribution in [0.3, 0.4) is 0 Å². The minimum absolute atomic E-state index is 0.0325. The number of hydrogen-bond donors (Lipinski definition) is 1. The summed E-state index contributed by atoms with van der Waals surface area (Å²) in [6.45, 7) is 5.15. The van der Waals surface area contributed by atoms with Crippen LogP contribution in [0.2, 0.25) is 0 Å². The van der Waals surface area contributed by atoms with Crippen LogP contribution < -0.4 is 15.1 Å². The van der Waals surface area contributed by atoms with Crippen molar-refractivity contribution in [3.63, 3.8) is 0 Å². The summed E-state index contributed by atoms with van der Waals surface area (Å²) in [5.74, 6) is 0.138. The van der Waals surface area contributed by atoms with Crippen LogP contribution in [-0.4, -0.2) is 31.4 Å². The minimum atomic E-state index is -0.0325. The van der Waals surface area contributed by atoms with Crippen molar-refractivity contribution in [2.45, 2.75) is 12.8 Å². The highest BCUT2D eigenvalue weighted by Crippen LogP contribution is 2.23. The molecule has 5 heteroatoms. The van der Waals surface area contributed by atoms with Crippen molar-refractivity contribution in [3.8, 4) is 0 Å². The fourth-order valence-corrected chi connectivity index (χ4v) is 3.04. The van der Waals surface area contributed by atoms with E-state index in [4.69, 9.17) is 0 Å². The van der Waals surface area contributed by atoms with Crippen LogP contribution >= 0.6 is 0 Å². The quantitative estimate of drug-likeness (QED) is 0.779. The van der Waals surface area contributed by atoms with Crippen LogP contribution in [0.4, 0.5) is 17.1 Å². The van der Waals surface area contributed by atoms with Gasteiger partial charge in [-0.25, -0.2) is 0 Å². The zero-order valence-electron chi connectivity index (χ0n) is 14.7. The van der Waals surface area contributed by atoms with Gasteiger partial charge in [0, 0.05) is 36.6 Å². The topological polar surface area (TPSA) is 52.7 Å². The first-order chi connectivity index (χ1) is 12.7. The Kier molecular flexibility index (Phi) is 5.69. The number of carbonyl (C=O) groups excluding carboxylic acids is 2. The van der Waals surface area contributed by atoms with Crippen LogP contribution in [0.25, 0.3) is 0 Å². The largest absolute Gasteiger partial charge is 0.376 e. The summed E-state index contributed by atoms with van der Waals surface area (Å²) in [5.41, 5.74) is 2.60. The fraction of sp³-hybridized carbons (Fsp3) is 0.238. The third kappa shape index (κ3) is 4.11. The monoisotopic (exact) mass is 349 g/mol. The molecule has 134 valence electrons. The third-order valence-corrected chi connectivity index (χ3v) is 4.38. The molecule has 0 atom stereocenters. The number of rotatable bonds is 7. The Balaban J connectivity index is 1.61. The number of nitrogens with zero attached hydrogens (tertiary/aromatic N) is 2. The summed E-state index contributed by atoms with van der Waals surface area (Å²) in [6.07, 6.45) is 3.24. The second kappa shape index (κ2) is 8.34. The molecule has 2 aromatic rings. The average molecular weight is 349 g/mol. The predicted molar refractivity (Wildman–Crippen MR) is 106 cm³/mol. The molecule has 0 saturated carbocycles. The molecule has 1 heterocycles. The number of carbonyl (C=O) groups is 2. The molecule has 0 aliphatic carbocycles. The van der Waals surface area contributed by atoms with Crippen molar-refractivity contribution in [1.82, 2.24) is 0 Å². The molecule has 3 rings (SSSR count). The molecule has 0 spiro atoms. The van der Waals surface area contributed by atoms with Gasteiger partial charge in [0.25, 0.3) is 0 Å². The lowest BCUT2D eigenvalue weighted by molar-refractivity contribution is -0.117. The first-order valence-electron chi connectivity index (χ1n) is 8.79. The summed E-state index contributed by atoms with van der Waals surface area (Å²) in [6, 6.07) is 17.2. The molecular formula is C21H23N3O2. The van der Waals surface area contributed by atoms with Crippen LogP contribution in [0.15, 0.2) is 67.3 Å². The van der Waals surface area contributed by atoms with Crippen LogP contribution in [0, 0.1) is 0 Å². The molecule has 1 N–H and O–H groups in total. The van der Waals surface area contributed by atoms with Crippen molar-refractivity contribution < 1.29 is 9.59 Å². The van der Waals surface area contributed by atoms with Gasteiger partial charge in [-0.15, -0.1) is 6.58 Å². The van der Waals surface area contributed by atoms with Gasteiger partial charge in [0.15, 0.2) is 0 Å². The normalized spacial score (nSPS) is 13.5. The van der Waals surface area contributed by atoms with Gasteiger partial charge < -0.3 is 15.1 Å². The molecule has 1 aliphatic rings. The highest BCUT2D eigenvalue weighted by atomic mass is 16.2. The lowest BCUT2D eigenvalue weighted by Crippen LogP contribution is -2.35. The Morgan fingerprint density at radius 3 is 2.50 bits per heavy atom. The summed E-state index contributed by atoms with van der Waals surface area (Å²) in [7, 11) is 0. The Morgan fingerprint density at radius 1 is 1.15 bits per heavy atom. The second-order valence-corrected chi connectivity index (χ2v) is 6.18. The Bertz CT molecular complexity index is 772. The highest BCUT2D eigenvalue weighted by molar-refractivity contribution is 5.97. The van der Waals surface area contributed by atoms with E-state index in [-0.39, 0.29) is 18.4 Å². The number of amides is 2. The average Bonchev–Trinajstić information content (AvgIpc) is 3.11. The van der Waals surface area contributed by atoms with Crippen LogP contribution in [0.1, 0.15) is 12.8 Å². The van der Waals surface area contributed by atoms with Crippen LogP contribution in [0.5, 0.6) is 0 Å². The highest BCUT2D eigenvalue weighted by Gasteiger charge is 2.21. The molecule has 1 aliphatic heterocycles. The van der Waals surface area contributed by atoms with E-state index in [1.165, 1.54) is 0 Å². The summed E-state index contributed by atoms with van der Waals surface area (Å²) < 4.78 is 0. The van der Waals surface area contributed by atoms with E-state index in [9.17, 15) is 9.59 Å². The molecule has 2 aromatic carbocycles. The molecule has 0 unspecified atom stereocenters. The van der Waals surface area contributed by atoms with Crippen molar-refractivity contribution in [2.24, 2.45) is 0 Å². The number of anilines is 3. The van der Waals surface area contributed by atoms with Gasteiger partial charge in [-0.2, -0.15) is 0 Å². The van der Waals surface area contributed by atoms with Gasteiger partial charge in [-0.3, -0.25) is 9.59 Å². The first-order valence-corrected chi connectivity index (χ1v) is 8.79. The second-order valence-electron chi connectivity index (χ2n) is 6.18. The number of benzene rings is 2. The molecule has 0 bridgehead atoms. The van der Waals surface area contributed by atoms with E-state index in [2.05, 4.69) is 11.9 Å². The molecule has 0 radical (unpaired) electrons. The van der Waals surface area contributed by atoms with Gasteiger partial charge in [-0.05, 0) is 42.8 Å². The van der Waals surface area contributed by atoms with E-state index in [0.717, 1.165) is 30.0 Å². The summed E-state index contributed by atoms with van der Waals surface area (Å²) in [4.78, 5) is 27.9. The van der Waals surface area contributed by atoms with Crippen molar-refractivity contribution in [2.75, 3.05) is 34.8 Å². The Morgan fingerprint density at radius 2 is 1.88 bits per heavy atom. The molecule has 5 nitrogen and oxygen atoms in total. The van der Waals surface area contributed by atoms with Crippen molar-refractivity contribution in [1.29, 1.82) is 0 Å². The SMILES string of the molecule is C=CCN(C(=O)CNc1ccc(N2CCCC2=O)cc1)c1ccccc1. The van der Waals surface area contributed by atoms with E-state index in [1.807, 2.05) is 54.6 Å². The van der Waals surface area contributed by atoms with Gasteiger partial charge in [0.05, 0.1) is 6.54 Å².